The second-order valence-electron chi connectivity index (χ2n) is 4.40. The molecule has 1 saturated heterocycles. The Hall–Kier alpha value is -0.570. The van der Waals surface area contributed by atoms with Crippen molar-refractivity contribution in [2.24, 2.45) is 11.7 Å². The molecule has 1 heterocycles. The van der Waals surface area contributed by atoms with Crippen LogP contribution in [0.25, 0.3) is 0 Å². The summed E-state index contributed by atoms with van der Waals surface area (Å²) in [6.07, 6.45) is 5.23. The predicted molar refractivity (Wildman–Crippen MR) is 60.6 cm³/mol. The van der Waals surface area contributed by atoms with Crippen LogP contribution >= 0.6 is 0 Å². The third-order valence-electron chi connectivity index (χ3n) is 3.34. The quantitative estimate of drug-likeness (QED) is 0.533. The third-order valence-corrected chi connectivity index (χ3v) is 3.34. The Morgan fingerprint density at radius 3 is 2.50 bits per heavy atom. The lowest BCUT2D eigenvalue weighted by atomic mass is 9.92. The molecule has 0 amide bonds. The lowest BCUT2D eigenvalue weighted by Crippen LogP contribution is -2.46. The van der Waals surface area contributed by atoms with Crippen molar-refractivity contribution in [1.29, 1.82) is 5.41 Å². The van der Waals surface area contributed by atoms with Gasteiger partial charge < -0.3 is 5.73 Å². The number of rotatable bonds is 4. The predicted octanol–water partition coefficient (Wildman–Crippen LogP) is 1.82. The average Bonchev–Trinajstić information content (AvgIpc) is 2.18. The molecule has 0 aromatic rings. The maximum absolute atomic E-state index is 7.40. The molecule has 1 fully saturated rings. The second kappa shape index (κ2) is 5.35. The molecule has 0 aliphatic carbocycles. The van der Waals surface area contributed by atoms with Crippen molar-refractivity contribution in [3.8, 4) is 0 Å². The van der Waals surface area contributed by atoms with Gasteiger partial charge in [-0.1, -0.05) is 19.8 Å². The molecule has 82 valence electrons. The van der Waals surface area contributed by atoms with Gasteiger partial charge >= 0.3 is 0 Å². The van der Waals surface area contributed by atoms with Crippen molar-refractivity contribution in [3.63, 3.8) is 0 Å². The molecule has 0 bridgehead atoms. The topological polar surface area (TPSA) is 53.1 Å². The molecule has 1 aliphatic heterocycles. The summed E-state index contributed by atoms with van der Waals surface area (Å²) in [7, 11) is 0. The van der Waals surface area contributed by atoms with Crippen LogP contribution in [-0.4, -0.2) is 29.9 Å². The number of likely N-dealkylation sites (tertiary alicyclic amines) is 1. The highest BCUT2D eigenvalue weighted by molar-refractivity contribution is 5.82. The van der Waals surface area contributed by atoms with Crippen LogP contribution in [0.5, 0.6) is 0 Å². The minimum absolute atomic E-state index is 0.137. The molecule has 0 spiro atoms. The smallest absolute Gasteiger partial charge is 0.108 e. The van der Waals surface area contributed by atoms with Gasteiger partial charge in [0.05, 0.1) is 6.04 Å². The summed E-state index contributed by atoms with van der Waals surface area (Å²) in [6.45, 7) is 6.52. The first-order valence-electron chi connectivity index (χ1n) is 5.73. The van der Waals surface area contributed by atoms with Crippen LogP contribution in [0.2, 0.25) is 0 Å². The SMILES string of the molecule is CCCC1CCN(C(C)C(=N)N)CC1. The van der Waals surface area contributed by atoms with Gasteiger partial charge in [0.25, 0.3) is 0 Å². The monoisotopic (exact) mass is 197 g/mol. The zero-order valence-corrected chi connectivity index (χ0v) is 9.42. The van der Waals surface area contributed by atoms with Gasteiger partial charge in [-0.3, -0.25) is 10.3 Å². The summed E-state index contributed by atoms with van der Waals surface area (Å²) in [4.78, 5) is 2.33. The van der Waals surface area contributed by atoms with E-state index in [1.165, 1.54) is 25.7 Å². The van der Waals surface area contributed by atoms with E-state index in [2.05, 4.69) is 11.8 Å². The molecular formula is C11H23N3. The fourth-order valence-corrected chi connectivity index (χ4v) is 2.23. The Morgan fingerprint density at radius 1 is 1.50 bits per heavy atom. The van der Waals surface area contributed by atoms with Gasteiger partial charge in [-0.25, -0.2) is 0 Å². The molecule has 0 aromatic carbocycles. The zero-order chi connectivity index (χ0) is 10.6. The second-order valence-corrected chi connectivity index (χ2v) is 4.40. The molecule has 1 atom stereocenters. The van der Waals surface area contributed by atoms with Gasteiger partial charge in [0.15, 0.2) is 0 Å². The number of piperidine rings is 1. The first-order valence-corrected chi connectivity index (χ1v) is 5.73. The molecule has 14 heavy (non-hydrogen) atoms. The van der Waals surface area contributed by atoms with E-state index < -0.39 is 0 Å². The van der Waals surface area contributed by atoms with Crippen LogP contribution in [0.1, 0.15) is 39.5 Å². The van der Waals surface area contributed by atoms with Crippen LogP contribution in [0.4, 0.5) is 0 Å². The van der Waals surface area contributed by atoms with E-state index in [1.54, 1.807) is 0 Å². The van der Waals surface area contributed by atoms with Gasteiger partial charge in [0.2, 0.25) is 0 Å². The summed E-state index contributed by atoms with van der Waals surface area (Å²) in [6, 6.07) is 0.137. The van der Waals surface area contributed by atoms with Crippen LogP contribution in [0.15, 0.2) is 0 Å². The molecule has 3 nitrogen and oxygen atoms in total. The fraction of sp³-hybridized carbons (Fsp3) is 0.909. The molecule has 3 heteroatoms. The van der Waals surface area contributed by atoms with Gasteiger partial charge in [-0.05, 0) is 38.8 Å². The van der Waals surface area contributed by atoms with E-state index in [0.717, 1.165) is 19.0 Å². The van der Waals surface area contributed by atoms with Crippen molar-refractivity contribution < 1.29 is 0 Å². The molecule has 0 saturated carbocycles. The van der Waals surface area contributed by atoms with E-state index in [4.69, 9.17) is 11.1 Å². The fourth-order valence-electron chi connectivity index (χ4n) is 2.23. The van der Waals surface area contributed by atoms with Gasteiger partial charge in [-0.2, -0.15) is 0 Å². The highest BCUT2D eigenvalue weighted by atomic mass is 15.2. The van der Waals surface area contributed by atoms with Crippen LogP contribution in [0, 0.1) is 11.3 Å². The minimum atomic E-state index is 0.137. The number of hydrogen-bond acceptors (Lipinski definition) is 2. The van der Waals surface area contributed by atoms with Crippen molar-refractivity contribution in [2.75, 3.05) is 13.1 Å². The van der Waals surface area contributed by atoms with E-state index >= 15 is 0 Å². The van der Waals surface area contributed by atoms with Crippen LogP contribution < -0.4 is 5.73 Å². The van der Waals surface area contributed by atoms with Gasteiger partial charge in [0, 0.05) is 0 Å². The van der Waals surface area contributed by atoms with E-state index in [1.807, 2.05) is 6.92 Å². The molecular weight excluding hydrogens is 174 g/mol. The number of nitrogens with zero attached hydrogens (tertiary/aromatic N) is 1. The summed E-state index contributed by atoms with van der Waals surface area (Å²) < 4.78 is 0. The summed E-state index contributed by atoms with van der Waals surface area (Å²) in [5, 5.41) is 7.40. The minimum Gasteiger partial charge on any atom is -0.386 e. The number of hydrogen-bond donors (Lipinski definition) is 2. The first-order chi connectivity index (χ1) is 6.65. The highest BCUT2D eigenvalue weighted by Crippen LogP contribution is 2.22. The van der Waals surface area contributed by atoms with E-state index in [-0.39, 0.29) is 6.04 Å². The Labute approximate surface area is 87.2 Å². The maximum atomic E-state index is 7.40. The van der Waals surface area contributed by atoms with Crippen molar-refractivity contribution in [3.05, 3.63) is 0 Å². The summed E-state index contributed by atoms with van der Waals surface area (Å²) in [5.41, 5.74) is 5.50. The van der Waals surface area contributed by atoms with Crippen LogP contribution in [-0.2, 0) is 0 Å². The maximum Gasteiger partial charge on any atom is 0.108 e. The lowest BCUT2D eigenvalue weighted by molar-refractivity contribution is 0.164. The average molecular weight is 197 g/mol. The Bertz CT molecular complexity index is 183. The van der Waals surface area contributed by atoms with Gasteiger partial charge in [0.1, 0.15) is 5.84 Å². The van der Waals surface area contributed by atoms with E-state index in [9.17, 15) is 0 Å². The Morgan fingerprint density at radius 2 is 2.07 bits per heavy atom. The largest absolute Gasteiger partial charge is 0.386 e. The normalized spacial score (nSPS) is 22.1. The molecule has 1 unspecified atom stereocenters. The zero-order valence-electron chi connectivity index (χ0n) is 9.42. The standard InChI is InChI=1S/C11H23N3/c1-3-4-10-5-7-14(8-6-10)9(2)11(12)13/h9-10H,3-8H2,1-2H3,(H3,12,13). The molecule has 0 radical (unpaired) electrons. The first kappa shape index (κ1) is 11.5. The van der Waals surface area contributed by atoms with Crippen LogP contribution in [0.3, 0.4) is 0 Å². The number of amidine groups is 1. The molecule has 0 aromatic heterocycles. The summed E-state index contributed by atoms with van der Waals surface area (Å²) >= 11 is 0. The Balaban J connectivity index is 2.31. The van der Waals surface area contributed by atoms with Gasteiger partial charge in [-0.15, -0.1) is 0 Å². The highest BCUT2D eigenvalue weighted by Gasteiger charge is 2.23. The molecule has 1 aliphatic rings. The number of nitrogens with two attached hydrogens (primary N) is 1. The third kappa shape index (κ3) is 2.98. The molecule has 3 N–H and O–H groups in total. The number of nitrogens with one attached hydrogen (secondary N) is 1. The lowest BCUT2D eigenvalue weighted by Gasteiger charge is -2.35. The van der Waals surface area contributed by atoms with Crippen molar-refractivity contribution >= 4 is 5.84 Å². The van der Waals surface area contributed by atoms with E-state index in [0.29, 0.717) is 5.84 Å². The summed E-state index contributed by atoms with van der Waals surface area (Å²) in [5.74, 6) is 1.22. The molecule has 1 rings (SSSR count). The van der Waals surface area contributed by atoms with Crippen molar-refractivity contribution in [2.45, 2.75) is 45.6 Å². The Kier molecular flexibility index (Phi) is 4.39. The van der Waals surface area contributed by atoms with Crippen molar-refractivity contribution in [1.82, 2.24) is 4.90 Å².